The Morgan fingerprint density at radius 1 is 0.886 bits per heavy atom. The number of rotatable bonds is 9. The normalized spacial score (nSPS) is 14.7. The van der Waals surface area contributed by atoms with Crippen molar-refractivity contribution in [1.29, 1.82) is 0 Å². The zero-order valence-corrected chi connectivity index (χ0v) is 23.1. The zero-order chi connectivity index (χ0) is 24.9. The summed E-state index contributed by atoms with van der Waals surface area (Å²) in [4.78, 5) is 6.10. The van der Waals surface area contributed by atoms with Crippen LogP contribution in [-0.2, 0) is 19.5 Å². The van der Waals surface area contributed by atoms with Gasteiger partial charge in [-0.1, -0.05) is 45.0 Å². The fourth-order valence-electron chi connectivity index (χ4n) is 4.46. The second-order valence-corrected chi connectivity index (χ2v) is 11.7. The number of piperazine rings is 1. The van der Waals surface area contributed by atoms with Crippen molar-refractivity contribution >= 4 is 32.9 Å². The largest absolute Gasteiger partial charge is 0.508 e. The Hall–Kier alpha value is -2.17. The quantitative estimate of drug-likeness (QED) is 0.289. The maximum atomic E-state index is 10.5. The van der Waals surface area contributed by atoms with Gasteiger partial charge in [-0.15, -0.1) is 0 Å². The Balaban J connectivity index is 1.39. The molecule has 0 spiro atoms. The third-order valence-electron chi connectivity index (χ3n) is 6.46. The first-order valence-electron chi connectivity index (χ1n) is 11.5. The van der Waals surface area contributed by atoms with Crippen molar-refractivity contribution in [2.45, 2.75) is 26.4 Å². The summed E-state index contributed by atoms with van der Waals surface area (Å²) in [6, 6.07) is 9.81. The van der Waals surface area contributed by atoms with Crippen LogP contribution in [0.1, 0.15) is 27.1 Å². The van der Waals surface area contributed by atoms with Crippen molar-refractivity contribution in [3.8, 4) is 23.0 Å². The number of nitrogens with zero attached hydrogens (tertiary/aromatic N) is 2. The average molecular weight is 533 g/mol. The van der Waals surface area contributed by atoms with E-state index in [0.29, 0.717) is 11.5 Å². The van der Waals surface area contributed by atoms with Crippen LogP contribution in [-0.4, -0.2) is 62.4 Å². The van der Waals surface area contributed by atoms with Gasteiger partial charge in [0.15, 0.2) is 11.5 Å². The average Bonchev–Trinajstić information content (AvgIpc) is 3.18. The molecular formula is C26H32N2O4S3. The van der Waals surface area contributed by atoms with Gasteiger partial charge in [0.25, 0.3) is 0 Å². The highest BCUT2D eigenvalue weighted by Gasteiger charge is 2.21. The Morgan fingerprint density at radius 2 is 1.57 bits per heavy atom. The molecular weight excluding hydrogens is 500 g/mol. The van der Waals surface area contributed by atoms with Crippen LogP contribution in [0.5, 0.6) is 23.0 Å². The molecule has 0 radical (unpaired) electrons. The third kappa shape index (κ3) is 6.16. The highest BCUT2D eigenvalue weighted by molar-refractivity contribution is 7.79. The van der Waals surface area contributed by atoms with E-state index in [4.69, 9.17) is 26.4 Å². The number of methoxy groups -OCH3 is 3. The van der Waals surface area contributed by atoms with E-state index in [0.717, 1.165) is 72.1 Å². The van der Waals surface area contributed by atoms with Gasteiger partial charge in [0, 0.05) is 67.8 Å². The molecule has 1 fully saturated rings. The maximum absolute atomic E-state index is 10.5. The fraction of sp³-hybridized carbons (Fsp3) is 0.423. The molecule has 0 saturated carbocycles. The second-order valence-electron chi connectivity index (χ2n) is 8.70. The molecule has 0 bridgehead atoms. The van der Waals surface area contributed by atoms with Gasteiger partial charge < -0.3 is 19.3 Å². The summed E-state index contributed by atoms with van der Waals surface area (Å²) in [5.41, 5.74) is 4.45. The number of aromatic hydroxyl groups is 1. The minimum absolute atomic E-state index is 0.354. The van der Waals surface area contributed by atoms with E-state index >= 15 is 0 Å². The number of benzene rings is 2. The number of phenols is 1. The molecule has 0 aliphatic carbocycles. The van der Waals surface area contributed by atoms with Gasteiger partial charge in [0.2, 0.25) is 0 Å². The van der Waals surface area contributed by atoms with Crippen LogP contribution in [0, 0.1) is 10.7 Å². The van der Waals surface area contributed by atoms with Gasteiger partial charge in [-0.25, -0.2) is 0 Å². The molecule has 2 heterocycles. The number of phenolic OH excluding ortho intramolecular Hbond substituents is 1. The summed E-state index contributed by atoms with van der Waals surface area (Å²) in [6.07, 6.45) is 0.817. The zero-order valence-electron chi connectivity index (χ0n) is 20.6. The Bertz CT molecular complexity index is 1220. The Kier molecular flexibility index (Phi) is 8.67. The third-order valence-corrected chi connectivity index (χ3v) is 9.75. The summed E-state index contributed by atoms with van der Waals surface area (Å²) < 4.78 is 17.6. The molecule has 2 aromatic carbocycles. The van der Waals surface area contributed by atoms with Crippen molar-refractivity contribution in [3.63, 3.8) is 0 Å². The van der Waals surface area contributed by atoms with Crippen LogP contribution in [0.15, 0.2) is 30.3 Å². The molecule has 4 rings (SSSR count). The highest BCUT2D eigenvalue weighted by Crippen LogP contribution is 2.36. The van der Waals surface area contributed by atoms with E-state index in [2.05, 4.69) is 22.8 Å². The van der Waals surface area contributed by atoms with E-state index < -0.39 is 0 Å². The number of hydrogen-bond donors (Lipinski definition) is 1. The van der Waals surface area contributed by atoms with Crippen LogP contribution < -0.4 is 14.2 Å². The number of hydrogen-bond acceptors (Lipinski definition) is 9. The minimum atomic E-state index is 0.354. The van der Waals surface area contributed by atoms with Crippen molar-refractivity contribution in [2.24, 2.45) is 0 Å². The molecule has 1 N–H and O–H groups in total. The highest BCUT2D eigenvalue weighted by atomic mass is 32.9. The molecule has 1 saturated heterocycles. The van der Waals surface area contributed by atoms with Gasteiger partial charge in [-0.3, -0.25) is 9.80 Å². The minimum Gasteiger partial charge on any atom is -0.508 e. The van der Waals surface area contributed by atoms with Crippen LogP contribution >= 0.6 is 32.9 Å². The van der Waals surface area contributed by atoms with Gasteiger partial charge in [0.1, 0.15) is 15.3 Å². The standard InChI is InChI=1S/C26H32N2O4S3/c1-17-22(26(33)35-34-17)12-18-5-6-23(29)19(11-18)15-27-7-9-28(10-8-27)16-20-13-21(30-2)14-24(31-3)25(20)32-4/h5-6,11,13-14,29H,7-10,12,15-16H2,1-4H3. The van der Waals surface area contributed by atoms with Gasteiger partial charge in [0.05, 0.1) is 21.3 Å². The van der Waals surface area contributed by atoms with Crippen LogP contribution in [0.3, 0.4) is 0 Å². The SMILES string of the molecule is COc1cc(CN2CCN(Cc3cc(Cc4c(C)ssc4=S)ccc3O)CC2)c(OC)c(OC)c1. The first-order valence-corrected chi connectivity index (χ1v) is 14.1. The number of ether oxygens (including phenoxy) is 3. The van der Waals surface area contributed by atoms with Crippen molar-refractivity contribution < 1.29 is 19.3 Å². The molecule has 1 aromatic heterocycles. The number of aryl methyl sites for hydroxylation is 1. The van der Waals surface area contributed by atoms with Crippen molar-refractivity contribution in [3.05, 3.63) is 61.3 Å². The summed E-state index contributed by atoms with van der Waals surface area (Å²) in [5.74, 6) is 2.54. The van der Waals surface area contributed by atoms with Crippen LogP contribution in [0.4, 0.5) is 0 Å². The van der Waals surface area contributed by atoms with E-state index in [-0.39, 0.29) is 0 Å². The van der Waals surface area contributed by atoms with Crippen molar-refractivity contribution in [2.75, 3.05) is 47.5 Å². The first-order chi connectivity index (χ1) is 16.9. The molecule has 0 unspecified atom stereocenters. The van der Waals surface area contributed by atoms with E-state index in [9.17, 15) is 5.11 Å². The second kappa shape index (κ2) is 11.7. The molecule has 188 valence electrons. The summed E-state index contributed by atoms with van der Waals surface area (Å²) in [5, 5.41) is 10.5. The molecule has 35 heavy (non-hydrogen) atoms. The van der Waals surface area contributed by atoms with Crippen LogP contribution in [0.2, 0.25) is 0 Å². The summed E-state index contributed by atoms with van der Waals surface area (Å²) in [6.45, 7) is 7.33. The lowest BCUT2D eigenvalue weighted by atomic mass is 10.0. The molecule has 1 aliphatic heterocycles. The lowest BCUT2D eigenvalue weighted by Crippen LogP contribution is -2.45. The topological polar surface area (TPSA) is 54.4 Å². The molecule has 9 heteroatoms. The fourth-order valence-corrected chi connectivity index (χ4v) is 7.13. The predicted octanol–water partition coefficient (Wildman–Crippen LogP) is 5.49. The Labute approximate surface area is 219 Å². The van der Waals surface area contributed by atoms with Crippen LogP contribution in [0.25, 0.3) is 0 Å². The van der Waals surface area contributed by atoms with Gasteiger partial charge >= 0.3 is 0 Å². The monoisotopic (exact) mass is 532 g/mol. The summed E-state index contributed by atoms with van der Waals surface area (Å²) >= 11 is 5.51. The molecule has 6 nitrogen and oxygen atoms in total. The lowest BCUT2D eigenvalue weighted by molar-refractivity contribution is 0.120. The van der Waals surface area contributed by atoms with E-state index in [1.807, 2.05) is 24.3 Å². The predicted molar refractivity (Wildman–Crippen MR) is 145 cm³/mol. The van der Waals surface area contributed by atoms with E-state index in [1.54, 1.807) is 42.0 Å². The van der Waals surface area contributed by atoms with E-state index in [1.165, 1.54) is 16.0 Å². The lowest BCUT2D eigenvalue weighted by Gasteiger charge is -2.35. The molecule has 0 amide bonds. The van der Waals surface area contributed by atoms with Gasteiger partial charge in [-0.05, 0) is 30.2 Å². The Morgan fingerprint density at radius 3 is 2.14 bits per heavy atom. The van der Waals surface area contributed by atoms with Gasteiger partial charge in [-0.2, -0.15) is 0 Å². The smallest absolute Gasteiger partial charge is 0.165 e. The van der Waals surface area contributed by atoms with Crippen molar-refractivity contribution in [1.82, 2.24) is 9.80 Å². The maximum Gasteiger partial charge on any atom is 0.165 e. The molecule has 3 aromatic rings. The molecule has 0 atom stereocenters. The summed E-state index contributed by atoms with van der Waals surface area (Å²) in [7, 11) is 8.38. The molecule has 1 aliphatic rings. The first kappa shape index (κ1) is 25.9.